The summed E-state index contributed by atoms with van der Waals surface area (Å²) in [4.78, 5) is 26.0. The summed E-state index contributed by atoms with van der Waals surface area (Å²) in [5.74, 6) is -0.335. The molecule has 0 aliphatic carbocycles. The minimum atomic E-state index is -0.884. The average Bonchev–Trinajstić information content (AvgIpc) is 2.48. The van der Waals surface area contributed by atoms with Crippen LogP contribution in [0.3, 0.4) is 0 Å². The van der Waals surface area contributed by atoms with Crippen molar-refractivity contribution in [2.24, 2.45) is 0 Å². The lowest BCUT2D eigenvalue weighted by Gasteiger charge is -2.34. The molecule has 1 aliphatic heterocycles. The van der Waals surface area contributed by atoms with Crippen molar-refractivity contribution >= 4 is 17.7 Å². The van der Waals surface area contributed by atoms with E-state index in [9.17, 15) is 9.59 Å². The average molecular weight is 278 g/mol. The first-order valence-corrected chi connectivity index (χ1v) is 6.62. The molecule has 2 rings (SSSR count). The summed E-state index contributed by atoms with van der Waals surface area (Å²) in [7, 11) is 0. The molecule has 0 spiro atoms. The van der Waals surface area contributed by atoms with E-state index in [4.69, 9.17) is 9.84 Å². The van der Waals surface area contributed by atoms with E-state index in [1.165, 1.54) is 4.90 Å². The van der Waals surface area contributed by atoms with E-state index >= 15 is 0 Å². The number of carbonyl (C=O) groups is 2. The second-order valence-corrected chi connectivity index (χ2v) is 4.53. The van der Waals surface area contributed by atoms with Crippen molar-refractivity contribution in [3.63, 3.8) is 0 Å². The lowest BCUT2D eigenvalue weighted by atomic mass is 10.1. The molecule has 1 N–H and O–H groups in total. The van der Waals surface area contributed by atoms with Gasteiger partial charge in [-0.25, -0.2) is 9.59 Å². The molecule has 0 aromatic heterocycles. The Morgan fingerprint density at radius 1 is 1.25 bits per heavy atom. The normalized spacial score (nSPS) is 15.1. The zero-order valence-electron chi connectivity index (χ0n) is 11.4. The van der Waals surface area contributed by atoms with Crippen LogP contribution in [0.2, 0.25) is 0 Å². The van der Waals surface area contributed by atoms with Gasteiger partial charge in [0.05, 0.1) is 12.2 Å². The van der Waals surface area contributed by atoms with Crippen molar-refractivity contribution in [2.75, 3.05) is 37.7 Å². The third-order valence-electron chi connectivity index (χ3n) is 3.27. The maximum Gasteiger partial charge on any atom is 0.407 e. The van der Waals surface area contributed by atoms with Crippen LogP contribution in [0.1, 0.15) is 17.3 Å². The molecular formula is C14H18N2O4. The molecule has 1 heterocycles. The van der Waals surface area contributed by atoms with E-state index in [2.05, 4.69) is 4.90 Å². The second kappa shape index (κ2) is 6.27. The number of hydrogen-bond acceptors (Lipinski definition) is 4. The molecule has 1 saturated heterocycles. The molecular weight excluding hydrogens is 260 g/mol. The fraction of sp³-hybridized carbons (Fsp3) is 0.429. The molecule has 108 valence electrons. The zero-order chi connectivity index (χ0) is 14.5. The van der Waals surface area contributed by atoms with Crippen molar-refractivity contribution < 1.29 is 19.4 Å². The number of esters is 1. The Labute approximate surface area is 117 Å². The molecule has 0 radical (unpaired) electrons. The highest BCUT2D eigenvalue weighted by Crippen LogP contribution is 2.18. The number of hydrogen-bond donors (Lipinski definition) is 1. The van der Waals surface area contributed by atoms with E-state index in [0.717, 1.165) is 5.69 Å². The summed E-state index contributed by atoms with van der Waals surface area (Å²) in [6.07, 6.45) is -0.884. The van der Waals surface area contributed by atoms with Gasteiger partial charge in [0, 0.05) is 31.9 Å². The number of rotatable bonds is 3. The number of piperazine rings is 1. The first-order chi connectivity index (χ1) is 9.61. The highest BCUT2D eigenvalue weighted by molar-refractivity contribution is 5.90. The van der Waals surface area contributed by atoms with Crippen molar-refractivity contribution in [1.29, 1.82) is 0 Å². The summed E-state index contributed by atoms with van der Waals surface area (Å²) < 4.78 is 4.98. The molecule has 1 amide bonds. The van der Waals surface area contributed by atoms with Crippen molar-refractivity contribution in [3.8, 4) is 0 Å². The van der Waals surface area contributed by atoms with E-state index in [1.807, 2.05) is 12.1 Å². The quantitative estimate of drug-likeness (QED) is 0.852. The fourth-order valence-corrected chi connectivity index (χ4v) is 2.20. The smallest absolute Gasteiger partial charge is 0.407 e. The molecule has 1 fully saturated rings. The van der Waals surface area contributed by atoms with Crippen molar-refractivity contribution in [3.05, 3.63) is 29.8 Å². The third-order valence-corrected chi connectivity index (χ3v) is 3.27. The van der Waals surface area contributed by atoms with Crippen molar-refractivity contribution in [1.82, 2.24) is 4.90 Å². The molecule has 0 saturated carbocycles. The first kappa shape index (κ1) is 14.2. The topological polar surface area (TPSA) is 70.1 Å². The van der Waals surface area contributed by atoms with Crippen molar-refractivity contribution in [2.45, 2.75) is 6.92 Å². The van der Waals surface area contributed by atoms with Crippen LogP contribution in [0.15, 0.2) is 24.3 Å². The minimum Gasteiger partial charge on any atom is -0.465 e. The summed E-state index contributed by atoms with van der Waals surface area (Å²) in [6.45, 7) is 4.31. The van der Waals surface area contributed by atoms with Gasteiger partial charge in [-0.2, -0.15) is 0 Å². The predicted molar refractivity (Wildman–Crippen MR) is 74.2 cm³/mol. The van der Waals surface area contributed by atoms with Gasteiger partial charge in [-0.1, -0.05) is 6.07 Å². The predicted octanol–water partition coefficient (Wildman–Crippen LogP) is 1.66. The monoisotopic (exact) mass is 278 g/mol. The van der Waals surface area contributed by atoms with Gasteiger partial charge in [0.25, 0.3) is 0 Å². The van der Waals surface area contributed by atoms with Gasteiger partial charge in [0.1, 0.15) is 0 Å². The molecule has 1 aliphatic rings. The summed E-state index contributed by atoms with van der Waals surface area (Å²) in [6, 6.07) is 7.23. The highest BCUT2D eigenvalue weighted by atomic mass is 16.5. The fourth-order valence-electron chi connectivity index (χ4n) is 2.20. The molecule has 0 bridgehead atoms. The Morgan fingerprint density at radius 3 is 2.55 bits per heavy atom. The molecule has 0 atom stereocenters. The SMILES string of the molecule is CCOC(=O)c1cccc(N2CCN(C(=O)O)CC2)c1. The number of benzene rings is 1. The molecule has 1 aromatic carbocycles. The van der Waals surface area contributed by atoms with Gasteiger partial charge in [-0.3, -0.25) is 0 Å². The number of nitrogens with zero attached hydrogens (tertiary/aromatic N) is 2. The van der Waals surface area contributed by atoms with Gasteiger partial charge >= 0.3 is 12.1 Å². The van der Waals surface area contributed by atoms with Crippen LogP contribution < -0.4 is 4.90 Å². The van der Waals surface area contributed by atoms with Crippen LogP contribution in [0.4, 0.5) is 10.5 Å². The van der Waals surface area contributed by atoms with Crippen LogP contribution >= 0.6 is 0 Å². The van der Waals surface area contributed by atoms with Crippen LogP contribution in [-0.2, 0) is 4.74 Å². The lowest BCUT2D eigenvalue weighted by molar-refractivity contribution is 0.0526. The van der Waals surface area contributed by atoms with Gasteiger partial charge < -0.3 is 19.6 Å². The van der Waals surface area contributed by atoms with Gasteiger partial charge in [-0.05, 0) is 25.1 Å². The second-order valence-electron chi connectivity index (χ2n) is 4.53. The van der Waals surface area contributed by atoms with Gasteiger partial charge in [-0.15, -0.1) is 0 Å². The van der Waals surface area contributed by atoms with Crippen LogP contribution in [0.25, 0.3) is 0 Å². The number of carbonyl (C=O) groups excluding carboxylic acids is 1. The molecule has 1 aromatic rings. The molecule has 20 heavy (non-hydrogen) atoms. The van der Waals surface area contributed by atoms with Gasteiger partial charge in [0.15, 0.2) is 0 Å². The number of ether oxygens (including phenoxy) is 1. The first-order valence-electron chi connectivity index (χ1n) is 6.62. The summed E-state index contributed by atoms with van der Waals surface area (Å²) in [5, 5.41) is 8.92. The van der Waals surface area contributed by atoms with Gasteiger partial charge in [0.2, 0.25) is 0 Å². The third kappa shape index (κ3) is 3.20. The summed E-state index contributed by atoms with van der Waals surface area (Å²) in [5.41, 5.74) is 1.44. The molecule has 6 heteroatoms. The Kier molecular flexibility index (Phi) is 4.45. The largest absolute Gasteiger partial charge is 0.465 e. The zero-order valence-corrected chi connectivity index (χ0v) is 11.4. The van der Waals surface area contributed by atoms with E-state index in [0.29, 0.717) is 38.3 Å². The maximum absolute atomic E-state index is 11.7. The van der Waals surface area contributed by atoms with E-state index < -0.39 is 6.09 Å². The van der Waals surface area contributed by atoms with Crippen LogP contribution in [-0.4, -0.2) is 54.9 Å². The van der Waals surface area contributed by atoms with Crippen LogP contribution in [0.5, 0.6) is 0 Å². The number of carboxylic acid groups (broad SMARTS) is 1. The highest BCUT2D eigenvalue weighted by Gasteiger charge is 2.21. The van der Waals surface area contributed by atoms with E-state index in [-0.39, 0.29) is 5.97 Å². The molecule has 0 unspecified atom stereocenters. The molecule has 6 nitrogen and oxygen atoms in total. The maximum atomic E-state index is 11.7. The summed E-state index contributed by atoms with van der Waals surface area (Å²) >= 11 is 0. The Hall–Kier alpha value is -2.24. The Bertz CT molecular complexity index is 496. The minimum absolute atomic E-state index is 0.335. The van der Waals surface area contributed by atoms with E-state index in [1.54, 1.807) is 19.1 Å². The van der Waals surface area contributed by atoms with Crippen LogP contribution in [0, 0.1) is 0 Å². The number of amides is 1. The standard InChI is InChI=1S/C14H18N2O4/c1-2-20-13(17)11-4-3-5-12(10-11)15-6-8-16(9-7-15)14(18)19/h3-5,10H,2,6-9H2,1H3,(H,18,19). The Morgan fingerprint density at radius 2 is 1.95 bits per heavy atom. The number of anilines is 1. The lowest BCUT2D eigenvalue weighted by Crippen LogP contribution is -2.48. The Balaban J connectivity index is 2.05.